The van der Waals surface area contributed by atoms with Gasteiger partial charge in [0.25, 0.3) is 0 Å². The van der Waals surface area contributed by atoms with Gasteiger partial charge in [0, 0.05) is 6.42 Å². The number of ether oxygens (including phenoxy) is 1. The largest absolute Gasteiger partial charge is 0.468 e. The number of ketones is 1. The maximum atomic E-state index is 10.9. The second-order valence-corrected chi connectivity index (χ2v) is 2.22. The van der Waals surface area contributed by atoms with Crippen LogP contribution in [0.15, 0.2) is 0 Å². The number of carbonyl (C=O) groups excluding carboxylic acids is 2. The summed E-state index contributed by atoms with van der Waals surface area (Å²) < 4.78 is 4.29. The van der Waals surface area contributed by atoms with Crippen molar-refractivity contribution in [2.75, 3.05) is 7.11 Å². The van der Waals surface area contributed by atoms with E-state index >= 15 is 0 Å². The van der Waals surface area contributed by atoms with Crippen LogP contribution in [0.25, 0.3) is 0 Å². The van der Waals surface area contributed by atoms with Crippen molar-refractivity contribution >= 4 is 24.2 Å². The van der Waals surface area contributed by atoms with Crippen molar-refractivity contribution in [2.24, 2.45) is 5.73 Å². The summed E-state index contributed by atoms with van der Waals surface area (Å²) in [6.07, 6.45) is 1.03. The van der Waals surface area contributed by atoms with E-state index < -0.39 is 12.0 Å². The Labute approximate surface area is 77.9 Å². The topological polar surface area (TPSA) is 69.4 Å². The zero-order valence-corrected chi connectivity index (χ0v) is 8.02. The average Bonchev–Trinajstić information content (AvgIpc) is 2.02. The number of hydrogen-bond acceptors (Lipinski definition) is 4. The van der Waals surface area contributed by atoms with E-state index in [-0.39, 0.29) is 18.2 Å². The zero-order valence-electron chi connectivity index (χ0n) is 7.20. The van der Waals surface area contributed by atoms with E-state index in [2.05, 4.69) is 4.74 Å². The lowest BCUT2D eigenvalue weighted by molar-refractivity contribution is -0.145. The summed E-state index contributed by atoms with van der Waals surface area (Å²) in [6.45, 7) is 1.85. The fourth-order valence-electron chi connectivity index (χ4n) is 0.660. The Morgan fingerprint density at radius 1 is 1.50 bits per heavy atom. The van der Waals surface area contributed by atoms with Crippen LogP contribution in [0.2, 0.25) is 0 Å². The summed E-state index contributed by atoms with van der Waals surface area (Å²) in [6, 6.07) is -1.10. The van der Waals surface area contributed by atoms with E-state index in [0.29, 0.717) is 12.8 Å². The van der Waals surface area contributed by atoms with Crippen LogP contribution < -0.4 is 5.73 Å². The Morgan fingerprint density at radius 2 is 2.00 bits per heavy atom. The molecule has 0 aliphatic heterocycles. The zero-order chi connectivity index (χ0) is 8.85. The first-order valence-electron chi connectivity index (χ1n) is 3.49. The van der Waals surface area contributed by atoms with Gasteiger partial charge in [0.2, 0.25) is 0 Å². The Morgan fingerprint density at radius 3 is 2.33 bits per heavy atom. The molecule has 1 unspecified atom stereocenters. The van der Waals surface area contributed by atoms with E-state index in [9.17, 15) is 9.59 Å². The Bertz CT molecular complexity index is 161. The second-order valence-electron chi connectivity index (χ2n) is 2.22. The molecule has 2 N–H and O–H groups in total. The summed E-state index contributed by atoms with van der Waals surface area (Å²) in [7, 11) is 1.21. The van der Waals surface area contributed by atoms with Crippen molar-refractivity contribution in [1.29, 1.82) is 0 Å². The molecule has 0 saturated carbocycles. The number of nitrogens with two attached hydrogens (primary N) is 1. The van der Waals surface area contributed by atoms with Crippen molar-refractivity contribution < 1.29 is 14.3 Å². The monoisotopic (exact) mass is 195 g/mol. The first-order chi connectivity index (χ1) is 5.13. The molecular formula is C7H14ClNO3. The fourth-order valence-corrected chi connectivity index (χ4v) is 0.660. The lowest BCUT2D eigenvalue weighted by Gasteiger charge is -2.05. The molecule has 5 heteroatoms. The molecular weight excluding hydrogens is 182 g/mol. The summed E-state index contributed by atoms with van der Waals surface area (Å²) in [5, 5.41) is 0. The number of rotatable bonds is 4. The molecule has 0 spiro atoms. The van der Waals surface area contributed by atoms with E-state index in [4.69, 9.17) is 5.73 Å². The van der Waals surface area contributed by atoms with Crippen LogP contribution in [0.3, 0.4) is 0 Å². The van der Waals surface area contributed by atoms with E-state index in [0.717, 1.165) is 0 Å². The third kappa shape index (κ3) is 4.31. The number of halogens is 1. The van der Waals surface area contributed by atoms with Gasteiger partial charge in [-0.15, -0.1) is 12.4 Å². The predicted molar refractivity (Wildman–Crippen MR) is 47.2 cm³/mol. The fraction of sp³-hybridized carbons (Fsp3) is 0.714. The highest BCUT2D eigenvalue weighted by molar-refractivity contribution is 6.02. The molecule has 0 aliphatic rings. The van der Waals surface area contributed by atoms with Crippen LogP contribution in [-0.4, -0.2) is 24.9 Å². The molecule has 4 nitrogen and oxygen atoms in total. The third-order valence-corrected chi connectivity index (χ3v) is 1.30. The van der Waals surface area contributed by atoms with E-state index in [1.165, 1.54) is 7.11 Å². The molecule has 0 rings (SSSR count). The van der Waals surface area contributed by atoms with Gasteiger partial charge < -0.3 is 10.5 Å². The lowest BCUT2D eigenvalue weighted by Crippen LogP contribution is -2.39. The Hall–Kier alpha value is -0.610. The van der Waals surface area contributed by atoms with Crippen molar-refractivity contribution in [3.63, 3.8) is 0 Å². The minimum Gasteiger partial charge on any atom is -0.468 e. The van der Waals surface area contributed by atoms with Gasteiger partial charge in [-0.25, -0.2) is 4.79 Å². The van der Waals surface area contributed by atoms with Crippen molar-refractivity contribution in [3.05, 3.63) is 0 Å². The maximum Gasteiger partial charge on any atom is 0.330 e. The molecule has 1 atom stereocenters. The summed E-state index contributed by atoms with van der Waals surface area (Å²) in [4.78, 5) is 21.6. The van der Waals surface area contributed by atoms with Crippen LogP contribution in [0.5, 0.6) is 0 Å². The predicted octanol–water partition coefficient (Wildman–Crippen LogP) is 0.278. The first kappa shape index (κ1) is 13.9. The molecule has 0 aromatic rings. The van der Waals surface area contributed by atoms with Crippen LogP contribution >= 0.6 is 12.4 Å². The van der Waals surface area contributed by atoms with Crippen molar-refractivity contribution in [3.8, 4) is 0 Å². The molecule has 0 aromatic heterocycles. The van der Waals surface area contributed by atoms with Gasteiger partial charge in [0.1, 0.15) is 0 Å². The maximum absolute atomic E-state index is 10.9. The average molecular weight is 196 g/mol. The molecule has 0 heterocycles. The van der Waals surface area contributed by atoms with Gasteiger partial charge in [-0.05, 0) is 6.42 Å². The van der Waals surface area contributed by atoms with Gasteiger partial charge in [-0.2, -0.15) is 0 Å². The SMILES string of the molecule is CCCC(=O)C(N)C(=O)OC.Cl. The molecule has 0 bridgehead atoms. The van der Waals surface area contributed by atoms with Gasteiger partial charge in [0.15, 0.2) is 11.8 Å². The van der Waals surface area contributed by atoms with Crippen LogP contribution in [0, 0.1) is 0 Å². The third-order valence-electron chi connectivity index (χ3n) is 1.30. The minimum atomic E-state index is -1.10. The van der Waals surface area contributed by atoms with Crippen molar-refractivity contribution in [1.82, 2.24) is 0 Å². The highest BCUT2D eigenvalue weighted by Crippen LogP contribution is 1.94. The smallest absolute Gasteiger partial charge is 0.330 e. The number of Topliss-reactive ketones (excluding diaryl/α,β-unsaturated/α-hetero) is 1. The normalized spacial score (nSPS) is 11.2. The molecule has 0 saturated heterocycles. The molecule has 0 amide bonds. The minimum absolute atomic E-state index is 0. The van der Waals surface area contributed by atoms with Gasteiger partial charge >= 0.3 is 5.97 Å². The lowest BCUT2D eigenvalue weighted by atomic mass is 10.1. The van der Waals surface area contributed by atoms with Crippen LogP contribution in [0.4, 0.5) is 0 Å². The molecule has 0 aliphatic carbocycles. The second kappa shape index (κ2) is 7.06. The van der Waals surface area contributed by atoms with Gasteiger partial charge in [-0.1, -0.05) is 6.92 Å². The number of hydrogen-bond donors (Lipinski definition) is 1. The standard InChI is InChI=1S/C7H13NO3.ClH/c1-3-4-5(9)6(8)7(10)11-2;/h6H,3-4,8H2,1-2H3;1H. The van der Waals surface area contributed by atoms with E-state index in [1.807, 2.05) is 6.92 Å². The van der Waals surface area contributed by atoms with Gasteiger partial charge in [-0.3, -0.25) is 4.79 Å². The highest BCUT2D eigenvalue weighted by Gasteiger charge is 2.20. The molecule has 0 fully saturated rings. The molecule has 72 valence electrons. The highest BCUT2D eigenvalue weighted by atomic mass is 35.5. The van der Waals surface area contributed by atoms with E-state index in [1.54, 1.807) is 0 Å². The molecule has 12 heavy (non-hydrogen) atoms. The summed E-state index contributed by atoms with van der Waals surface area (Å²) in [5.41, 5.74) is 5.23. The van der Waals surface area contributed by atoms with Gasteiger partial charge in [0.05, 0.1) is 7.11 Å². The Kier molecular flexibility index (Phi) is 8.21. The number of methoxy groups -OCH3 is 1. The summed E-state index contributed by atoms with van der Waals surface area (Å²) >= 11 is 0. The molecule has 0 radical (unpaired) electrons. The quantitative estimate of drug-likeness (QED) is 0.517. The Balaban J connectivity index is 0. The van der Waals surface area contributed by atoms with Crippen LogP contribution in [0.1, 0.15) is 19.8 Å². The first-order valence-corrected chi connectivity index (χ1v) is 3.49. The number of esters is 1. The van der Waals surface area contributed by atoms with Crippen LogP contribution in [-0.2, 0) is 14.3 Å². The summed E-state index contributed by atoms with van der Waals surface area (Å²) in [5.74, 6) is -0.928. The number of carbonyl (C=O) groups is 2. The van der Waals surface area contributed by atoms with Crippen molar-refractivity contribution in [2.45, 2.75) is 25.8 Å². The molecule has 0 aromatic carbocycles.